The van der Waals surface area contributed by atoms with Crippen molar-refractivity contribution in [2.75, 3.05) is 5.43 Å². The highest BCUT2D eigenvalue weighted by Crippen LogP contribution is 2.22. The van der Waals surface area contributed by atoms with Crippen LogP contribution in [0.1, 0.15) is 22.8 Å². The lowest BCUT2D eigenvalue weighted by molar-refractivity contribution is 0.0963. The number of nitrogens with one attached hydrogen (secondary N) is 2. The Labute approximate surface area is 190 Å². The molecule has 0 aliphatic heterocycles. The maximum atomic E-state index is 13.1. The molecule has 5 rings (SSSR count). The van der Waals surface area contributed by atoms with E-state index in [9.17, 15) is 9.59 Å². The molecule has 2 heterocycles. The molecule has 0 saturated heterocycles. The lowest BCUT2D eigenvalue weighted by Gasteiger charge is -2.13. The van der Waals surface area contributed by atoms with E-state index in [-0.39, 0.29) is 11.5 Å². The first-order chi connectivity index (χ1) is 16.2. The van der Waals surface area contributed by atoms with Gasteiger partial charge in [0.1, 0.15) is 0 Å². The van der Waals surface area contributed by atoms with Crippen LogP contribution < -0.4 is 16.4 Å². The lowest BCUT2D eigenvalue weighted by atomic mass is 10.2. The number of hydrogen-bond donors (Lipinski definition) is 2. The third kappa shape index (κ3) is 3.85. The van der Waals surface area contributed by atoms with Crippen molar-refractivity contribution in [3.05, 3.63) is 107 Å². The van der Waals surface area contributed by atoms with Crippen LogP contribution in [0.3, 0.4) is 0 Å². The summed E-state index contributed by atoms with van der Waals surface area (Å²) >= 11 is 0. The van der Waals surface area contributed by atoms with Gasteiger partial charge in [-0.1, -0.05) is 60.7 Å². The zero-order valence-corrected chi connectivity index (χ0v) is 18.2. The Kier molecular flexibility index (Phi) is 5.36. The summed E-state index contributed by atoms with van der Waals surface area (Å²) in [5.41, 5.74) is 8.67. The largest absolute Gasteiger partial charge is 0.342 e. The number of aromatic nitrogens is 3. The van der Waals surface area contributed by atoms with Gasteiger partial charge in [0, 0.05) is 30.2 Å². The fourth-order valence-corrected chi connectivity index (χ4v) is 4.08. The molecule has 0 spiro atoms. The molecule has 0 aliphatic rings. The van der Waals surface area contributed by atoms with Crippen molar-refractivity contribution in [3.63, 3.8) is 0 Å². The first kappa shape index (κ1) is 20.5. The van der Waals surface area contributed by atoms with Crippen molar-refractivity contribution >= 4 is 33.7 Å². The Morgan fingerprint density at radius 3 is 2.39 bits per heavy atom. The van der Waals surface area contributed by atoms with Crippen LogP contribution in [0, 0.1) is 0 Å². The molecule has 7 heteroatoms. The molecule has 2 aromatic heterocycles. The average molecular weight is 438 g/mol. The fourth-order valence-electron chi connectivity index (χ4n) is 4.08. The van der Waals surface area contributed by atoms with Gasteiger partial charge in [0.15, 0.2) is 0 Å². The van der Waals surface area contributed by atoms with Crippen LogP contribution in [0.15, 0.2) is 89.9 Å². The lowest BCUT2D eigenvalue weighted by Crippen LogP contribution is -2.34. The molecule has 33 heavy (non-hydrogen) atoms. The summed E-state index contributed by atoms with van der Waals surface area (Å²) in [6, 6.07) is 25.1. The SMILES string of the molecule is CCn1c(NNC(=O)c2cn(Cc3ccccc3)c3ccccc23)nc2ccccc2c1=O. The van der Waals surface area contributed by atoms with E-state index >= 15 is 0 Å². The van der Waals surface area contributed by atoms with E-state index in [1.165, 1.54) is 4.57 Å². The molecule has 0 fully saturated rings. The van der Waals surface area contributed by atoms with E-state index in [2.05, 4.69) is 32.5 Å². The smallest absolute Gasteiger partial charge is 0.271 e. The first-order valence-corrected chi connectivity index (χ1v) is 10.8. The number of anilines is 1. The Hall–Kier alpha value is -4.39. The number of fused-ring (bicyclic) bond motifs is 2. The quantitative estimate of drug-likeness (QED) is 0.391. The summed E-state index contributed by atoms with van der Waals surface area (Å²) < 4.78 is 3.57. The minimum absolute atomic E-state index is 0.153. The molecule has 0 saturated carbocycles. The van der Waals surface area contributed by atoms with Gasteiger partial charge in [-0.15, -0.1) is 0 Å². The van der Waals surface area contributed by atoms with Crippen molar-refractivity contribution in [1.82, 2.24) is 19.5 Å². The van der Waals surface area contributed by atoms with Crippen LogP contribution in [0.5, 0.6) is 0 Å². The molecule has 5 aromatic rings. The third-order valence-electron chi connectivity index (χ3n) is 5.69. The number of amides is 1. The Balaban J connectivity index is 1.45. The predicted octanol–water partition coefficient (Wildman–Crippen LogP) is 4.18. The Morgan fingerprint density at radius 1 is 0.909 bits per heavy atom. The van der Waals surface area contributed by atoms with Crippen LogP contribution in [0.25, 0.3) is 21.8 Å². The molecule has 7 nitrogen and oxygen atoms in total. The van der Waals surface area contributed by atoms with E-state index in [0.717, 1.165) is 16.5 Å². The predicted molar refractivity (Wildman–Crippen MR) is 130 cm³/mol. The molecule has 3 aromatic carbocycles. The Bertz CT molecular complexity index is 1520. The minimum Gasteiger partial charge on any atom is -0.342 e. The summed E-state index contributed by atoms with van der Waals surface area (Å²) in [5, 5.41) is 1.40. The van der Waals surface area contributed by atoms with Gasteiger partial charge in [-0.2, -0.15) is 0 Å². The standard InChI is InChI=1S/C26H23N5O2/c1-2-31-25(33)20-13-6-8-14-22(20)27-26(31)29-28-24(32)21-17-30(16-18-10-4-3-5-11-18)23-15-9-7-12-19(21)23/h3-15,17H,2,16H2,1H3,(H,27,29)(H,28,32). The van der Waals surface area contributed by atoms with Gasteiger partial charge < -0.3 is 4.57 Å². The van der Waals surface area contributed by atoms with Crippen LogP contribution >= 0.6 is 0 Å². The Morgan fingerprint density at radius 2 is 1.61 bits per heavy atom. The van der Waals surface area contributed by atoms with Crippen molar-refractivity contribution in [1.29, 1.82) is 0 Å². The fraction of sp³-hybridized carbons (Fsp3) is 0.115. The van der Waals surface area contributed by atoms with E-state index in [1.54, 1.807) is 12.1 Å². The zero-order chi connectivity index (χ0) is 22.8. The summed E-state index contributed by atoms with van der Waals surface area (Å²) in [4.78, 5) is 30.5. The molecular weight excluding hydrogens is 414 g/mol. The molecule has 0 atom stereocenters. The molecule has 0 bridgehead atoms. The summed E-state index contributed by atoms with van der Waals surface area (Å²) in [7, 11) is 0. The number of para-hydroxylation sites is 2. The van der Waals surface area contributed by atoms with Crippen LogP contribution in [-0.4, -0.2) is 20.0 Å². The van der Waals surface area contributed by atoms with Gasteiger partial charge in [0.2, 0.25) is 5.95 Å². The van der Waals surface area contributed by atoms with Gasteiger partial charge in [-0.3, -0.25) is 25.0 Å². The first-order valence-electron chi connectivity index (χ1n) is 10.8. The maximum absolute atomic E-state index is 13.1. The monoisotopic (exact) mass is 437 g/mol. The molecule has 0 radical (unpaired) electrons. The van der Waals surface area contributed by atoms with Gasteiger partial charge in [-0.05, 0) is 30.7 Å². The second-order valence-electron chi connectivity index (χ2n) is 7.75. The van der Waals surface area contributed by atoms with Crippen LogP contribution in [-0.2, 0) is 13.1 Å². The second-order valence-corrected chi connectivity index (χ2v) is 7.75. The van der Waals surface area contributed by atoms with Crippen LogP contribution in [0.2, 0.25) is 0 Å². The molecule has 0 unspecified atom stereocenters. The molecule has 164 valence electrons. The van der Waals surface area contributed by atoms with Crippen molar-refractivity contribution in [2.24, 2.45) is 0 Å². The summed E-state index contributed by atoms with van der Waals surface area (Å²) in [6.45, 7) is 2.94. The van der Waals surface area contributed by atoms with Gasteiger partial charge in [0.25, 0.3) is 11.5 Å². The third-order valence-corrected chi connectivity index (χ3v) is 5.69. The maximum Gasteiger partial charge on any atom is 0.271 e. The van der Waals surface area contributed by atoms with Crippen LogP contribution in [0.4, 0.5) is 5.95 Å². The zero-order valence-electron chi connectivity index (χ0n) is 18.2. The number of carbonyl (C=O) groups excluding carboxylic acids is 1. The van der Waals surface area contributed by atoms with Crippen molar-refractivity contribution < 1.29 is 4.79 Å². The minimum atomic E-state index is -0.303. The van der Waals surface area contributed by atoms with E-state index < -0.39 is 0 Å². The highest BCUT2D eigenvalue weighted by Gasteiger charge is 2.16. The number of hydrazine groups is 1. The number of hydrogen-bond acceptors (Lipinski definition) is 4. The second kappa shape index (κ2) is 8.63. The van der Waals surface area contributed by atoms with E-state index in [1.807, 2.05) is 67.7 Å². The normalized spacial score (nSPS) is 11.1. The molecular formula is C26H23N5O2. The number of carbonyl (C=O) groups is 1. The molecule has 0 aliphatic carbocycles. The molecule has 1 amide bonds. The number of nitrogens with zero attached hydrogens (tertiary/aromatic N) is 3. The van der Waals surface area contributed by atoms with Crippen molar-refractivity contribution in [2.45, 2.75) is 20.0 Å². The number of rotatable bonds is 6. The van der Waals surface area contributed by atoms with E-state index in [0.29, 0.717) is 35.5 Å². The molecule has 2 N–H and O–H groups in total. The summed E-state index contributed by atoms with van der Waals surface area (Å²) in [6.07, 6.45) is 1.86. The number of benzene rings is 3. The van der Waals surface area contributed by atoms with E-state index in [4.69, 9.17) is 0 Å². The topological polar surface area (TPSA) is 81.0 Å². The average Bonchev–Trinajstić information content (AvgIpc) is 3.22. The van der Waals surface area contributed by atoms with Gasteiger partial charge in [0.05, 0.1) is 16.5 Å². The van der Waals surface area contributed by atoms with Gasteiger partial charge >= 0.3 is 0 Å². The van der Waals surface area contributed by atoms with Gasteiger partial charge in [-0.25, -0.2) is 4.98 Å². The van der Waals surface area contributed by atoms with Crippen molar-refractivity contribution in [3.8, 4) is 0 Å². The highest BCUT2D eigenvalue weighted by atomic mass is 16.2. The summed E-state index contributed by atoms with van der Waals surface area (Å²) in [5.74, 6) is -0.00866. The highest BCUT2D eigenvalue weighted by molar-refractivity contribution is 6.07.